The Morgan fingerprint density at radius 2 is 1.94 bits per heavy atom. The van der Waals surface area contributed by atoms with Crippen LogP contribution in [0, 0.1) is 5.92 Å². The third-order valence-corrected chi connectivity index (χ3v) is 3.89. The highest BCUT2D eigenvalue weighted by Gasteiger charge is 2.22. The van der Waals surface area contributed by atoms with E-state index >= 15 is 0 Å². The van der Waals surface area contributed by atoms with E-state index in [4.69, 9.17) is 4.74 Å². The highest BCUT2D eigenvalue weighted by atomic mass is 16.5. The fraction of sp³-hybridized carbons (Fsp3) is 0.933. The summed E-state index contributed by atoms with van der Waals surface area (Å²) in [5.41, 5.74) is 0. The Bertz CT molecular complexity index is 235. The van der Waals surface area contributed by atoms with Crippen molar-refractivity contribution in [3.05, 3.63) is 0 Å². The van der Waals surface area contributed by atoms with Gasteiger partial charge < -0.3 is 9.64 Å². The summed E-state index contributed by atoms with van der Waals surface area (Å²) in [5, 5.41) is 0. The van der Waals surface area contributed by atoms with Crippen LogP contribution in [0.2, 0.25) is 0 Å². The number of methoxy groups -OCH3 is 1. The van der Waals surface area contributed by atoms with Crippen LogP contribution in [-0.4, -0.2) is 37.1 Å². The third-order valence-electron chi connectivity index (χ3n) is 3.89. The van der Waals surface area contributed by atoms with Crippen molar-refractivity contribution in [1.29, 1.82) is 0 Å². The van der Waals surface area contributed by atoms with E-state index in [1.807, 2.05) is 0 Å². The second kappa shape index (κ2) is 8.52. The minimum Gasteiger partial charge on any atom is -0.469 e. The Kier molecular flexibility index (Phi) is 7.33. The molecule has 0 aromatic carbocycles. The van der Waals surface area contributed by atoms with Gasteiger partial charge in [0.15, 0.2) is 0 Å². The van der Waals surface area contributed by atoms with Crippen molar-refractivity contribution >= 4 is 5.97 Å². The topological polar surface area (TPSA) is 29.5 Å². The Hall–Kier alpha value is -0.570. The van der Waals surface area contributed by atoms with E-state index < -0.39 is 0 Å². The Balaban J connectivity index is 2.31. The maximum absolute atomic E-state index is 11.1. The first-order valence-electron chi connectivity index (χ1n) is 7.44. The van der Waals surface area contributed by atoms with E-state index in [9.17, 15) is 4.79 Å². The van der Waals surface area contributed by atoms with E-state index in [1.54, 1.807) is 0 Å². The van der Waals surface area contributed by atoms with Crippen molar-refractivity contribution in [2.45, 2.75) is 64.8 Å². The zero-order chi connectivity index (χ0) is 13.4. The van der Waals surface area contributed by atoms with Crippen molar-refractivity contribution in [2.75, 3.05) is 20.2 Å². The van der Waals surface area contributed by atoms with E-state index in [-0.39, 0.29) is 5.97 Å². The zero-order valence-corrected chi connectivity index (χ0v) is 12.3. The van der Waals surface area contributed by atoms with Gasteiger partial charge in [-0.15, -0.1) is 0 Å². The van der Waals surface area contributed by atoms with Gasteiger partial charge in [0, 0.05) is 12.5 Å². The van der Waals surface area contributed by atoms with Gasteiger partial charge in [0.1, 0.15) is 0 Å². The number of esters is 1. The molecular weight excluding hydrogens is 226 g/mol. The lowest BCUT2D eigenvalue weighted by Crippen LogP contribution is -2.35. The number of carbonyl (C=O) groups is 1. The second-order valence-corrected chi connectivity index (χ2v) is 5.84. The maximum Gasteiger partial charge on any atom is 0.305 e. The summed E-state index contributed by atoms with van der Waals surface area (Å²) in [6.45, 7) is 6.79. The van der Waals surface area contributed by atoms with Crippen molar-refractivity contribution in [3.63, 3.8) is 0 Å². The summed E-state index contributed by atoms with van der Waals surface area (Å²) in [5.74, 6) is 0.680. The molecular formula is C15H29NO2. The predicted octanol–water partition coefficient (Wildman–Crippen LogP) is 3.23. The third kappa shape index (κ3) is 5.85. The number of carbonyl (C=O) groups excluding carboxylic acids is 1. The van der Waals surface area contributed by atoms with E-state index in [0.717, 1.165) is 24.9 Å². The minimum atomic E-state index is -0.0785. The number of ether oxygens (including phenoxy) is 1. The van der Waals surface area contributed by atoms with Gasteiger partial charge in [-0.2, -0.15) is 0 Å². The van der Waals surface area contributed by atoms with Crippen LogP contribution in [0.5, 0.6) is 0 Å². The molecule has 18 heavy (non-hydrogen) atoms. The Morgan fingerprint density at radius 1 is 1.28 bits per heavy atom. The lowest BCUT2D eigenvalue weighted by Gasteiger charge is -2.29. The minimum absolute atomic E-state index is 0.0785. The fourth-order valence-electron chi connectivity index (χ4n) is 2.70. The molecule has 0 spiro atoms. The van der Waals surface area contributed by atoms with Gasteiger partial charge in [0.2, 0.25) is 0 Å². The smallest absolute Gasteiger partial charge is 0.305 e. The first-order chi connectivity index (χ1) is 8.63. The lowest BCUT2D eigenvalue weighted by atomic mass is 10.1. The molecule has 106 valence electrons. The predicted molar refractivity (Wildman–Crippen MR) is 74.5 cm³/mol. The first kappa shape index (κ1) is 15.5. The SMILES string of the molecule is COC(=O)CCCN(CCC(C)C)C1CCCC1. The molecule has 0 aromatic rings. The van der Waals surface area contributed by atoms with Crippen molar-refractivity contribution in [1.82, 2.24) is 4.90 Å². The average Bonchev–Trinajstić information content (AvgIpc) is 2.86. The number of hydrogen-bond donors (Lipinski definition) is 0. The summed E-state index contributed by atoms with van der Waals surface area (Å²) >= 11 is 0. The average molecular weight is 255 g/mol. The summed E-state index contributed by atoms with van der Waals surface area (Å²) in [6, 6.07) is 0.765. The molecule has 1 fully saturated rings. The van der Waals surface area contributed by atoms with Crippen LogP contribution < -0.4 is 0 Å². The van der Waals surface area contributed by atoms with Crippen LogP contribution >= 0.6 is 0 Å². The quantitative estimate of drug-likeness (QED) is 0.624. The molecule has 0 radical (unpaired) electrons. The van der Waals surface area contributed by atoms with Crippen LogP contribution in [0.3, 0.4) is 0 Å². The maximum atomic E-state index is 11.1. The molecule has 1 aliphatic rings. The molecule has 3 nitrogen and oxygen atoms in total. The highest BCUT2D eigenvalue weighted by molar-refractivity contribution is 5.69. The van der Waals surface area contributed by atoms with Crippen molar-refractivity contribution in [3.8, 4) is 0 Å². The standard InChI is InChI=1S/C15H29NO2/c1-13(2)10-12-16(14-7-4-5-8-14)11-6-9-15(17)18-3/h13-14H,4-12H2,1-3H3. The van der Waals surface area contributed by atoms with Crippen LogP contribution in [-0.2, 0) is 9.53 Å². The number of nitrogens with zero attached hydrogens (tertiary/aromatic N) is 1. The van der Waals surface area contributed by atoms with Crippen molar-refractivity contribution in [2.24, 2.45) is 5.92 Å². The summed E-state index contributed by atoms with van der Waals surface area (Å²) in [4.78, 5) is 13.7. The Labute approximate surface area is 112 Å². The van der Waals surface area contributed by atoms with Crippen LogP contribution in [0.1, 0.15) is 58.8 Å². The zero-order valence-electron chi connectivity index (χ0n) is 12.3. The largest absolute Gasteiger partial charge is 0.469 e. The van der Waals surface area contributed by atoms with Crippen LogP contribution in [0.25, 0.3) is 0 Å². The lowest BCUT2D eigenvalue weighted by molar-refractivity contribution is -0.140. The number of hydrogen-bond acceptors (Lipinski definition) is 3. The van der Waals surface area contributed by atoms with Gasteiger partial charge in [-0.1, -0.05) is 26.7 Å². The summed E-state index contributed by atoms with van der Waals surface area (Å²) in [6.07, 6.45) is 8.18. The van der Waals surface area contributed by atoms with E-state index in [0.29, 0.717) is 6.42 Å². The van der Waals surface area contributed by atoms with Crippen LogP contribution in [0.4, 0.5) is 0 Å². The molecule has 0 atom stereocenters. The number of rotatable bonds is 8. The molecule has 0 aliphatic heterocycles. The van der Waals surface area contributed by atoms with Gasteiger partial charge in [0.25, 0.3) is 0 Å². The molecule has 0 bridgehead atoms. The molecule has 0 unspecified atom stereocenters. The molecule has 0 amide bonds. The molecule has 1 aliphatic carbocycles. The molecule has 0 heterocycles. The molecule has 3 heteroatoms. The van der Waals surface area contributed by atoms with Gasteiger partial charge in [0.05, 0.1) is 7.11 Å². The van der Waals surface area contributed by atoms with Gasteiger partial charge in [-0.3, -0.25) is 4.79 Å². The van der Waals surface area contributed by atoms with Crippen LogP contribution in [0.15, 0.2) is 0 Å². The van der Waals surface area contributed by atoms with Gasteiger partial charge >= 0.3 is 5.97 Å². The summed E-state index contributed by atoms with van der Waals surface area (Å²) in [7, 11) is 1.47. The van der Waals surface area contributed by atoms with E-state index in [1.165, 1.54) is 45.8 Å². The molecule has 1 rings (SSSR count). The highest BCUT2D eigenvalue weighted by Crippen LogP contribution is 2.24. The van der Waals surface area contributed by atoms with Gasteiger partial charge in [-0.25, -0.2) is 0 Å². The molecule has 0 aromatic heterocycles. The molecule has 1 saturated carbocycles. The van der Waals surface area contributed by atoms with Gasteiger partial charge in [-0.05, 0) is 44.7 Å². The second-order valence-electron chi connectivity index (χ2n) is 5.84. The molecule has 0 saturated heterocycles. The fourth-order valence-corrected chi connectivity index (χ4v) is 2.70. The van der Waals surface area contributed by atoms with Crippen molar-refractivity contribution < 1.29 is 9.53 Å². The Morgan fingerprint density at radius 3 is 2.50 bits per heavy atom. The summed E-state index contributed by atoms with van der Waals surface area (Å²) < 4.78 is 4.70. The van der Waals surface area contributed by atoms with E-state index in [2.05, 4.69) is 18.7 Å². The first-order valence-corrected chi connectivity index (χ1v) is 7.44. The normalized spacial score (nSPS) is 16.7. The molecule has 0 N–H and O–H groups in total. The monoisotopic (exact) mass is 255 g/mol.